The van der Waals surface area contributed by atoms with Gasteiger partial charge in [0.1, 0.15) is 11.6 Å². The van der Waals surface area contributed by atoms with E-state index in [2.05, 4.69) is 47.4 Å². The van der Waals surface area contributed by atoms with E-state index >= 15 is 0 Å². The fourth-order valence-corrected chi connectivity index (χ4v) is 5.52. The predicted molar refractivity (Wildman–Crippen MR) is 158 cm³/mol. The molecule has 0 atom stereocenters. The molecule has 200 valence electrons. The van der Waals surface area contributed by atoms with Crippen LogP contribution in [0.4, 0.5) is 5.82 Å². The van der Waals surface area contributed by atoms with E-state index < -0.39 is 0 Å². The van der Waals surface area contributed by atoms with Gasteiger partial charge >= 0.3 is 0 Å². The average molecular weight is 636 g/mol. The molecule has 0 unspecified atom stereocenters. The van der Waals surface area contributed by atoms with Gasteiger partial charge in [-0.15, -0.1) is 0 Å². The summed E-state index contributed by atoms with van der Waals surface area (Å²) in [6, 6.07) is 13.5. The number of halogens is 1. The fraction of sp³-hybridized carbons (Fsp3) is 0.310. The summed E-state index contributed by atoms with van der Waals surface area (Å²) in [6.07, 6.45) is 7.14. The Morgan fingerprint density at radius 3 is 2.49 bits per heavy atom. The molecule has 10 heteroatoms. The number of aromatic nitrogens is 4. The molecule has 1 aromatic carbocycles. The first-order valence-electron chi connectivity index (χ1n) is 12.9. The summed E-state index contributed by atoms with van der Waals surface area (Å²) in [6.45, 7) is 5.75. The molecule has 1 aliphatic rings. The van der Waals surface area contributed by atoms with Crippen molar-refractivity contribution in [3.8, 4) is 0 Å². The molecule has 0 bridgehead atoms. The van der Waals surface area contributed by atoms with E-state index in [0.717, 1.165) is 53.9 Å². The fourth-order valence-electron chi connectivity index (χ4n) is 4.97. The standard InChI is InChI=1S/C29H30IN7O2/c1-19-14-24-15-22(5-7-26(24)34-28(19)35-30)29(39)37(18-27-31-10-3-11-32-27)17-25-6-4-23(16-33-25)21-8-12-36(13-9-21)20(2)38/h3-7,10-11,14-16,21H,8-9,12-13,17-18H2,1-2H3,(H,34,35). The molecule has 9 nitrogen and oxygen atoms in total. The molecular weight excluding hydrogens is 605 g/mol. The monoisotopic (exact) mass is 635 g/mol. The SMILES string of the molecule is CC(=O)N1CCC(c2ccc(CN(Cc3ncccn3)C(=O)c3ccc4nc(NI)c(C)cc4c3)nc2)CC1. The Balaban J connectivity index is 1.36. The van der Waals surface area contributed by atoms with Crippen LogP contribution in [0.5, 0.6) is 0 Å². The normalized spacial score (nSPS) is 13.9. The lowest BCUT2D eigenvalue weighted by atomic mass is 9.90. The summed E-state index contributed by atoms with van der Waals surface area (Å²) >= 11 is 2.07. The molecule has 1 N–H and O–H groups in total. The summed E-state index contributed by atoms with van der Waals surface area (Å²) < 4.78 is 3.08. The van der Waals surface area contributed by atoms with Crippen LogP contribution < -0.4 is 3.53 Å². The molecule has 1 saturated heterocycles. The Kier molecular flexibility index (Phi) is 8.30. The molecule has 0 spiro atoms. The number of anilines is 1. The van der Waals surface area contributed by atoms with Gasteiger partial charge in [-0.1, -0.05) is 6.07 Å². The number of pyridine rings is 2. The van der Waals surface area contributed by atoms with Crippen molar-refractivity contribution in [2.45, 2.75) is 45.7 Å². The van der Waals surface area contributed by atoms with E-state index in [-0.39, 0.29) is 18.4 Å². The molecule has 39 heavy (non-hydrogen) atoms. The molecule has 2 amide bonds. The number of amides is 2. The zero-order chi connectivity index (χ0) is 27.4. The second-order valence-corrected chi connectivity index (χ2v) is 10.4. The average Bonchev–Trinajstić information content (AvgIpc) is 2.96. The second kappa shape index (κ2) is 12.0. The highest BCUT2D eigenvalue weighted by Crippen LogP contribution is 2.28. The van der Waals surface area contributed by atoms with Crippen LogP contribution in [-0.2, 0) is 17.9 Å². The number of hydrogen-bond acceptors (Lipinski definition) is 7. The van der Waals surface area contributed by atoms with Crippen molar-refractivity contribution < 1.29 is 9.59 Å². The maximum absolute atomic E-state index is 13.8. The predicted octanol–water partition coefficient (Wildman–Crippen LogP) is 5.06. The van der Waals surface area contributed by atoms with Crippen LogP contribution >= 0.6 is 22.9 Å². The van der Waals surface area contributed by atoms with Gasteiger partial charge in [0.15, 0.2) is 0 Å². The number of hydrogen-bond donors (Lipinski definition) is 1. The molecule has 4 aromatic rings. The molecule has 0 aliphatic carbocycles. The van der Waals surface area contributed by atoms with E-state index in [9.17, 15) is 9.59 Å². The number of likely N-dealkylation sites (tertiary alicyclic amines) is 1. The lowest BCUT2D eigenvalue weighted by Crippen LogP contribution is -2.36. The Morgan fingerprint density at radius 2 is 1.82 bits per heavy atom. The quantitative estimate of drug-likeness (QED) is 0.224. The smallest absolute Gasteiger partial charge is 0.254 e. The molecule has 5 rings (SSSR count). The molecule has 1 fully saturated rings. The van der Waals surface area contributed by atoms with Gasteiger partial charge in [0.25, 0.3) is 5.91 Å². The van der Waals surface area contributed by atoms with Crippen molar-refractivity contribution in [3.05, 3.63) is 89.3 Å². The van der Waals surface area contributed by atoms with Gasteiger partial charge in [0, 0.05) is 49.6 Å². The summed E-state index contributed by atoms with van der Waals surface area (Å²) in [5.41, 5.74) is 4.36. The first-order valence-corrected chi connectivity index (χ1v) is 14.0. The lowest BCUT2D eigenvalue weighted by Gasteiger charge is -2.31. The third-order valence-corrected chi connectivity index (χ3v) is 7.70. The number of nitrogens with zero attached hydrogens (tertiary/aromatic N) is 6. The van der Waals surface area contributed by atoms with Crippen LogP contribution in [0, 0.1) is 6.92 Å². The second-order valence-electron chi connectivity index (χ2n) is 9.85. The highest BCUT2D eigenvalue weighted by Gasteiger charge is 2.23. The van der Waals surface area contributed by atoms with Gasteiger partial charge in [-0.2, -0.15) is 0 Å². The van der Waals surface area contributed by atoms with E-state index in [0.29, 0.717) is 23.9 Å². The van der Waals surface area contributed by atoms with E-state index in [4.69, 9.17) is 4.98 Å². The number of aryl methyl sites for hydroxylation is 1. The Labute approximate surface area is 241 Å². The van der Waals surface area contributed by atoms with E-state index in [1.165, 1.54) is 5.56 Å². The number of benzene rings is 1. The van der Waals surface area contributed by atoms with Crippen molar-refractivity contribution in [1.29, 1.82) is 0 Å². The van der Waals surface area contributed by atoms with Gasteiger partial charge in [-0.05, 0) is 73.2 Å². The molecule has 0 radical (unpaired) electrons. The first-order chi connectivity index (χ1) is 18.9. The van der Waals surface area contributed by atoms with Crippen molar-refractivity contribution >= 4 is 51.4 Å². The van der Waals surface area contributed by atoms with Crippen LogP contribution in [-0.4, -0.2) is 54.6 Å². The summed E-state index contributed by atoms with van der Waals surface area (Å²) in [7, 11) is 0. The summed E-state index contributed by atoms with van der Waals surface area (Å²) in [4.78, 5) is 47.1. The minimum atomic E-state index is -0.124. The number of rotatable bonds is 7. The number of nitrogens with one attached hydrogen (secondary N) is 1. The highest BCUT2D eigenvalue weighted by atomic mass is 127. The van der Waals surface area contributed by atoms with E-state index in [1.54, 1.807) is 30.3 Å². The molecular formula is C29H30IN7O2. The van der Waals surface area contributed by atoms with Gasteiger partial charge in [-0.3, -0.25) is 14.6 Å². The van der Waals surface area contributed by atoms with Crippen molar-refractivity contribution in [2.24, 2.45) is 0 Å². The molecule has 0 saturated carbocycles. The minimum Gasteiger partial charge on any atom is -0.343 e. The molecule has 4 heterocycles. The number of carbonyl (C=O) groups excluding carboxylic acids is 2. The van der Waals surface area contributed by atoms with Crippen molar-refractivity contribution in [3.63, 3.8) is 0 Å². The van der Waals surface area contributed by atoms with Crippen molar-refractivity contribution in [2.75, 3.05) is 16.6 Å². The number of carbonyl (C=O) groups is 2. The lowest BCUT2D eigenvalue weighted by molar-refractivity contribution is -0.129. The van der Waals surface area contributed by atoms with Crippen LogP contribution in [0.1, 0.15) is 58.7 Å². The zero-order valence-corrected chi connectivity index (χ0v) is 24.1. The van der Waals surface area contributed by atoms with Crippen LogP contribution in [0.3, 0.4) is 0 Å². The topological polar surface area (TPSA) is 104 Å². The van der Waals surface area contributed by atoms with Crippen LogP contribution in [0.2, 0.25) is 0 Å². The third kappa shape index (κ3) is 6.32. The Morgan fingerprint density at radius 1 is 1.05 bits per heavy atom. The molecule has 1 aliphatic heterocycles. The summed E-state index contributed by atoms with van der Waals surface area (Å²) in [5, 5.41) is 0.906. The third-order valence-electron chi connectivity index (χ3n) is 7.19. The van der Waals surface area contributed by atoms with Crippen LogP contribution in [0.15, 0.2) is 61.1 Å². The first kappa shape index (κ1) is 26.9. The van der Waals surface area contributed by atoms with E-state index in [1.807, 2.05) is 48.4 Å². The highest BCUT2D eigenvalue weighted by molar-refractivity contribution is 14.1. The van der Waals surface area contributed by atoms with Gasteiger partial charge in [0.2, 0.25) is 5.91 Å². The maximum atomic E-state index is 13.8. The number of piperidine rings is 1. The maximum Gasteiger partial charge on any atom is 0.254 e. The number of fused-ring (bicyclic) bond motifs is 1. The minimum absolute atomic E-state index is 0.124. The van der Waals surface area contributed by atoms with Gasteiger partial charge < -0.3 is 13.3 Å². The van der Waals surface area contributed by atoms with Gasteiger partial charge in [-0.25, -0.2) is 15.0 Å². The Bertz CT molecular complexity index is 1470. The van der Waals surface area contributed by atoms with Crippen LogP contribution in [0.25, 0.3) is 10.9 Å². The largest absolute Gasteiger partial charge is 0.343 e. The van der Waals surface area contributed by atoms with Gasteiger partial charge in [0.05, 0.1) is 47.2 Å². The van der Waals surface area contributed by atoms with Crippen molar-refractivity contribution in [1.82, 2.24) is 29.7 Å². The molecule has 3 aromatic heterocycles. The zero-order valence-electron chi connectivity index (χ0n) is 22.0. The Hall–Kier alpha value is -3.67. The summed E-state index contributed by atoms with van der Waals surface area (Å²) in [5.74, 6) is 1.77.